The molecule has 1 aromatic rings. The largest absolute Gasteiger partial charge is 0.460 e. The Hall–Kier alpha value is -2.77. The molecule has 3 saturated carbocycles. The molecule has 0 radical (unpaired) electrons. The molecule has 5 fully saturated rings. The average molecular weight is 457 g/mol. The Bertz CT molecular complexity index is 941. The van der Waals surface area contributed by atoms with Gasteiger partial charge in [0.25, 0.3) is 0 Å². The molecule has 8 nitrogen and oxygen atoms in total. The minimum absolute atomic E-state index is 0.166. The van der Waals surface area contributed by atoms with Crippen molar-refractivity contribution in [1.29, 1.82) is 0 Å². The minimum Gasteiger partial charge on any atom is -0.460 e. The van der Waals surface area contributed by atoms with E-state index in [0.717, 1.165) is 5.56 Å². The van der Waals surface area contributed by atoms with Gasteiger partial charge in [0.2, 0.25) is 0 Å². The van der Waals surface area contributed by atoms with Gasteiger partial charge >= 0.3 is 18.2 Å². The lowest BCUT2D eigenvalue weighted by Crippen LogP contribution is -2.77. The van der Waals surface area contributed by atoms with Crippen molar-refractivity contribution in [2.45, 2.75) is 76.2 Å². The number of esters is 1. The predicted molar refractivity (Wildman–Crippen MR) is 118 cm³/mol. The lowest BCUT2D eigenvalue weighted by atomic mass is 9.38. The Morgan fingerprint density at radius 1 is 1.06 bits per heavy atom. The summed E-state index contributed by atoms with van der Waals surface area (Å²) in [6, 6.07) is 9.65. The monoisotopic (exact) mass is 456 g/mol. The molecule has 0 aromatic heterocycles. The van der Waals surface area contributed by atoms with Gasteiger partial charge in [-0.1, -0.05) is 30.3 Å². The molecule has 5 aliphatic rings. The van der Waals surface area contributed by atoms with Gasteiger partial charge in [-0.15, -0.1) is 0 Å². The first-order valence-electron chi connectivity index (χ1n) is 11.7. The molecule has 2 aliphatic heterocycles. The molecule has 3 aliphatic carbocycles. The van der Waals surface area contributed by atoms with E-state index in [1.54, 1.807) is 4.90 Å². The normalized spacial score (nSPS) is 29.7. The number of rotatable bonds is 4. The fourth-order valence-corrected chi connectivity index (χ4v) is 5.78. The van der Waals surface area contributed by atoms with Crippen molar-refractivity contribution in [2.24, 2.45) is 5.41 Å². The third kappa shape index (κ3) is 3.83. The zero-order valence-corrected chi connectivity index (χ0v) is 19.6. The first kappa shape index (κ1) is 22.0. The summed E-state index contributed by atoms with van der Waals surface area (Å²) in [5.74, 6) is -0.166. The highest BCUT2D eigenvalue weighted by Crippen LogP contribution is 2.71. The number of piperidine rings is 1. The van der Waals surface area contributed by atoms with Crippen LogP contribution in [-0.4, -0.2) is 64.3 Å². The van der Waals surface area contributed by atoms with Crippen molar-refractivity contribution < 1.29 is 28.6 Å². The first-order valence-corrected chi connectivity index (χ1v) is 11.7. The number of carbonyl (C=O) groups is 3. The van der Waals surface area contributed by atoms with E-state index in [1.165, 1.54) is 0 Å². The Balaban J connectivity index is 1.13. The third-order valence-electron chi connectivity index (χ3n) is 7.52. The molecule has 1 aromatic carbocycles. The maximum atomic E-state index is 12.8. The van der Waals surface area contributed by atoms with Gasteiger partial charge in [0.1, 0.15) is 17.8 Å². The van der Waals surface area contributed by atoms with Gasteiger partial charge in [-0.05, 0) is 45.6 Å². The zero-order chi connectivity index (χ0) is 23.5. The van der Waals surface area contributed by atoms with Crippen LogP contribution in [0, 0.1) is 5.41 Å². The molecule has 0 unspecified atom stereocenters. The summed E-state index contributed by atoms with van der Waals surface area (Å²) in [6.45, 7) is 7.33. The summed E-state index contributed by atoms with van der Waals surface area (Å²) < 4.78 is 16.9. The maximum Gasteiger partial charge on any atom is 0.410 e. The van der Waals surface area contributed by atoms with E-state index in [2.05, 4.69) is 0 Å². The number of nitrogens with zero attached hydrogens (tertiary/aromatic N) is 2. The number of hydrogen-bond acceptors (Lipinski definition) is 6. The van der Waals surface area contributed by atoms with Crippen molar-refractivity contribution in [2.75, 3.05) is 19.6 Å². The zero-order valence-electron chi connectivity index (χ0n) is 19.6. The van der Waals surface area contributed by atoms with E-state index >= 15 is 0 Å². The predicted octanol–water partition coefficient (Wildman–Crippen LogP) is 3.87. The second kappa shape index (κ2) is 7.37. The minimum atomic E-state index is -0.563. The number of benzene rings is 1. The standard InChI is InChI=1S/C25H32N2O6/c1-22(2,3)32-20(29)26-11-9-25(10-12-26)17-27(21(30)33-25)24-14-23(15-24,16-24)19(28)31-13-18-7-5-4-6-8-18/h4-8H,9-17H2,1-3H3. The Labute approximate surface area is 194 Å². The summed E-state index contributed by atoms with van der Waals surface area (Å²) in [6.07, 6.45) is 2.48. The lowest BCUT2D eigenvalue weighted by Gasteiger charge is -2.70. The molecule has 1 spiro atoms. The molecule has 178 valence electrons. The molecule has 33 heavy (non-hydrogen) atoms. The van der Waals surface area contributed by atoms with Crippen LogP contribution in [-0.2, 0) is 25.6 Å². The molecule has 2 saturated heterocycles. The first-order chi connectivity index (χ1) is 15.5. The van der Waals surface area contributed by atoms with Crippen LogP contribution in [0.15, 0.2) is 30.3 Å². The lowest BCUT2D eigenvalue weighted by molar-refractivity contribution is -0.226. The second-order valence-electron chi connectivity index (χ2n) is 11.2. The Morgan fingerprint density at radius 2 is 1.70 bits per heavy atom. The van der Waals surface area contributed by atoms with Crippen LogP contribution in [0.4, 0.5) is 9.59 Å². The van der Waals surface area contributed by atoms with Gasteiger partial charge in [0.05, 0.1) is 12.0 Å². The van der Waals surface area contributed by atoms with Crippen LogP contribution >= 0.6 is 0 Å². The summed E-state index contributed by atoms with van der Waals surface area (Å²) in [5.41, 5.74) is -0.869. The molecule has 2 amide bonds. The van der Waals surface area contributed by atoms with Gasteiger partial charge < -0.3 is 19.1 Å². The summed E-state index contributed by atoms with van der Waals surface area (Å²) in [7, 11) is 0. The number of hydrogen-bond donors (Lipinski definition) is 0. The SMILES string of the molecule is CC(C)(C)OC(=O)N1CCC2(CC1)CN(C13CC(C(=O)OCc4ccccc4)(C1)C3)C(=O)O2. The topological polar surface area (TPSA) is 85.4 Å². The van der Waals surface area contributed by atoms with E-state index in [-0.39, 0.29) is 30.3 Å². The van der Waals surface area contributed by atoms with Crippen LogP contribution < -0.4 is 0 Å². The molecule has 0 N–H and O–H groups in total. The van der Waals surface area contributed by atoms with Crippen LogP contribution in [0.5, 0.6) is 0 Å². The molecule has 2 bridgehead atoms. The number of ether oxygens (including phenoxy) is 3. The van der Waals surface area contributed by atoms with Gasteiger partial charge in [-0.3, -0.25) is 9.69 Å². The van der Waals surface area contributed by atoms with Gasteiger partial charge in [-0.25, -0.2) is 9.59 Å². The van der Waals surface area contributed by atoms with Crippen molar-refractivity contribution in [1.82, 2.24) is 9.80 Å². The van der Waals surface area contributed by atoms with Crippen LogP contribution in [0.3, 0.4) is 0 Å². The van der Waals surface area contributed by atoms with E-state index in [4.69, 9.17) is 14.2 Å². The van der Waals surface area contributed by atoms with Gasteiger partial charge in [0, 0.05) is 31.5 Å². The molecule has 6 rings (SSSR count). The van der Waals surface area contributed by atoms with Crippen LogP contribution in [0.25, 0.3) is 0 Å². The molecular weight excluding hydrogens is 424 g/mol. The van der Waals surface area contributed by atoms with Crippen LogP contribution in [0.1, 0.15) is 58.4 Å². The Kier molecular flexibility index (Phi) is 4.92. The van der Waals surface area contributed by atoms with Gasteiger partial charge in [0.15, 0.2) is 0 Å². The highest BCUT2D eigenvalue weighted by molar-refractivity contribution is 5.84. The molecular formula is C25H32N2O6. The van der Waals surface area contributed by atoms with Crippen molar-refractivity contribution >= 4 is 18.2 Å². The van der Waals surface area contributed by atoms with Crippen molar-refractivity contribution in [3.05, 3.63) is 35.9 Å². The molecule has 0 atom stereocenters. The van der Waals surface area contributed by atoms with E-state index < -0.39 is 16.6 Å². The van der Waals surface area contributed by atoms with E-state index in [0.29, 0.717) is 51.7 Å². The van der Waals surface area contributed by atoms with Crippen molar-refractivity contribution in [3.63, 3.8) is 0 Å². The summed E-state index contributed by atoms with van der Waals surface area (Å²) in [4.78, 5) is 41.3. The average Bonchev–Trinajstić information content (AvgIpc) is 3.00. The summed E-state index contributed by atoms with van der Waals surface area (Å²) in [5, 5.41) is 0. The van der Waals surface area contributed by atoms with E-state index in [9.17, 15) is 14.4 Å². The number of likely N-dealkylation sites (tertiary alicyclic amines) is 1. The highest BCUT2D eigenvalue weighted by atomic mass is 16.6. The van der Waals surface area contributed by atoms with Gasteiger partial charge in [-0.2, -0.15) is 0 Å². The Morgan fingerprint density at radius 3 is 2.30 bits per heavy atom. The maximum absolute atomic E-state index is 12.8. The smallest absolute Gasteiger partial charge is 0.410 e. The number of amides is 2. The summed E-state index contributed by atoms with van der Waals surface area (Å²) >= 11 is 0. The fraction of sp³-hybridized carbons (Fsp3) is 0.640. The molecule has 2 heterocycles. The third-order valence-corrected chi connectivity index (χ3v) is 7.52. The number of carbonyl (C=O) groups excluding carboxylic acids is 3. The molecule has 8 heteroatoms. The fourth-order valence-electron chi connectivity index (χ4n) is 5.78. The van der Waals surface area contributed by atoms with E-state index in [1.807, 2.05) is 56.0 Å². The van der Waals surface area contributed by atoms with Crippen molar-refractivity contribution in [3.8, 4) is 0 Å². The second-order valence-corrected chi connectivity index (χ2v) is 11.2. The highest BCUT2D eigenvalue weighted by Gasteiger charge is 2.77. The quantitative estimate of drug-likeness (QED) is 0.505. The van der Waals surface area contributed by atoms with Crippen LogP contribution in [0.2, 0.25) is 0 Å².